The van der Waals surface area contributed by atoms with E-state index in [1.54, 1.807) is 24.3 Å². The van der Waals surface area contributed by atoms with Crippen LogP contribution in [0.3, 0.4) is 0 Å². The van der Waals surface area contributed by atoms with E-state index in [2.05, 4.69) is 9.62 Å². The molecule has 5 heteroatoms. The highest BCUT2D eigenvalue weighted by atomic mass is 32.2. The third-order valence-corrected chi connectivity index (χ3v) is 5.68. The van der Waals surface area contributed by atoms with Crippen LogP contribution in [0.4, 0.5) is 0 Å². The van der Waals surface area contributed by atoms with E-state index in [1.165, 1.54) is 12.8 Å². The zero-order chi connectivity index (χ0) is 16.1. The van der Waals surface area contributed by atoms with Gasteiger partial charge in [-0.05, 0) is 43.6 Å². The smallest absolute Gasteiger partial charge is 0.241 e. The third kappa shape index (κ3) is 4.19. The molecule has 1 N–H and O–H groups in total. The first kappa shape index (κ1) is 16.2. The van der Waals surface area contributed by atoms with Gasteiger partial charge in [0, 0.05) is 6.54 Å². The molecule has 23 heavy (non-hydrogen) atoms. The highest BCUT2D eigenvalue weighted by molar-refractivity contribution is 7.89. The molecule has 1 fully saturated rings. The van der Waals surface area contributed by atoms with E-state index in [4.69, 9.17) is 0 Å². The minimum atomic E-state index is -3.53. The van der Waals surface area contributed by atoms with Crippen molar-refractivity contribution in [2.45, 2.75) is 23.8 Å². The number of benzene rings is 2. The molecule has 1 aliphatic heterocycles. The Hall–Kier alpha value is -1.69. The van der Waals surface area contributed by atoms with Gasteiger partial charge < -0.3 is 4.90 Å². The molecule has 0 aliphatic carbocycles. The van der Waals surface area contributed by atoms with E-state index >= 15 is 0 Å². The average molecular weight is 330 g/mol. The molecule has 4 nitrogen and oxygen atoms in total. The van der Waals surface area contributed by atoms with E-state index in [1.807, 2.05) is 36.4 Å². The number of nitrogens with one attached hydrogen (secondary N) is 1. The fourth-order valence-electron chi connectivity index (χ4n) is 2.97. The van der Waals surface area contributed by atoms with Gasteiger partial charge >= 0.3 is 0 Å². The second-order valence-electron chi connectivity index (χ2n) is 5.91. The summed E-state index contributed by atoms with van der Waals surface area (Å²) < 4.78 is 28.2. The van der Waals surface area contributed by atoms with Crippen molar-refractivity contribution >= 4 is 10.0 Å². The van der Waals surface area contributed by atoms with Crippen LogP contribution in [0.2, 0.25) is 0 Å². The van der Waals surface area contributed by atoms with Gasteiger partial charge in [0.05, 0.1) is 10.9 Å². The highest BCUT2D eigenvalue weighted by Gasteiger charge is 2.24. The summed E-state index contributed by atoms with van der Waals surface area (Å²) >= 11 is 0. The summed E-state index contributed by atoms with van der Waals surface area (Å²) in [5, 5.41) is 0. The second kappa shape index (κ2) is 7.25. The molecule has 0 aromatic heterocycles. The van der Waals surface area contributed by atoms with Gasteiger partial charge in [0.2, 0.25) is 10.0 Å². The van der Waals surface area contributed by atoms with Crippen molar-refractivity contribution in [3.05, 3.63) is 66.2 Å². The quantitative estimate of drug-likeness (QED) is 0.886. The van der Waals surface area contributed by atoms with Gasteiger partial charge in [-0.25, -0.2) is 13.1 Å². The molecule has 1 aliphatic rings. The molecule has 2 aromatic carbocycles. The maximum Gasteiger partial charge on any atom is 0.241 e. The lowest BCUT2D eigenvalue weighted by Crippen LogP contribution is -2.37. The van der Waals surface area contributed by atoms with Crippen molar-refractivity contribution < 1.29 is 8.42 Å². The van der Waals surface area contributed by atoms with Gasteiger partial charge in [0.15, 0.2) is 0 Å². The van der Waals surface area contributed by atoms with E-state index in [-0.39, 0.29) is 6.04 Å². The molecular weight excluding hydrogens is 308 g/mol. The number of sulfonamides is 1. The van der Waals surface area contributed by atoms with Crippen LogP contribution in [0, 0.1) is 0 Å². The molecule has 3 rings (SSSR count). The van der Waals surface area contributed by atoms with Crippen LogP contribution in [0.1, 0.15) is 24.4 Å². The lowest BCUT2D eigenvalue weighted by atomic mass is 10.1. The predicted octanol–water partition coefficient (Wildman–Crippen LogP) is 2.80. The van der Waals surface area contributed by atoms with Gasteiger partial charge in [-0.2, -0.15) is 0 Å². The Bertz CT molecular complexity index is 711. The number of rotatable bonds is 6. The summed E-state index contributed by atoms with van der Waals surface area (Å²) in [4.78, 5) is 2.63. The van der Waals surface area contributed by atoms with E-state index < -0.39 is 10.0 Å². The fourth-order valence-corrected chi connectivity index (χ4v) is 4.21. The van der Waals surface area contributed by atoms with Crippen LogP contribution in [0.5, 0.6) is 0 Å². The zero-order valence-electron chi connectivity index (χ0n) is 13.1. The first-order chi connectivity index (χ1) is 11.1. The van der Waals surface area contributed by atoms with Crippen molar-refractivity contribution in [2.24, 2.45) is 0 Å². The average Bonchev–Trinajstić information content (AvgIpc) is 3.09. The normalized spacial score (nSPS) is 17.2. The van der Waals surface area contributed by atoms with Crippen molar-refractivity contribution in [3.8, 4) is 0 Å². The summed E-state index contributed by atoms with van der Waals surface area (Å²) in [7, 11) is -3.53. The van der Waals surface area contributed by atoms with Gasteiger partial charge in [0.1, 0.15) is 0 Å². The summed E-state index contributed by atoms with van der Waals surface area (Å²) in [6, 6.07) is 18.1. The largest absolute Gasteiger partial charge is 0.301 e. The SMILES string of the molecule is O=S(=O)(N[C@H](CN1CCCC1)c1ccccc1)c1ccccc1. The Balaban J connectivity index is 1.83. The third-order valence-electron chi connectivity index (χ3n) is 4.19. The van der Waals surface area contributed by atoms with Crippen molar-refractivity contribution in [2.75, 3.05) is 19.6 Å². The maximum atomic E-state index is 12.7. The molecule has 0 bridgehead atoms. The van der Waals surface area contributed by atoms with Crippen LogP contribution >= 0.6 is 0 Å². The Morgan fingerprint density at radius 1 is 0.913 bits per heavy atom. The molecule has 1 heterocycles. The maximum absolute atomic E-state index is 12.7. The van der Waals surface area contributed by atoms with Gasteiger partial charge in [0.25, 0.3) is 0 Å². The minimum Gasteiger partial charge on any atom is -0.301 e. The first-order valence-corrected chi connectivity index (χ1v) is 9.48. The van der Waals surface area contributed by atoms with E-state index in [0.717, 1.165) is 18.7 Å². The van der Waals surface area contributed by atoms with Crippen LogP contribution in [0.15, 0.2) is 65.6 Å². The Labute approximate surface area is 138 Å². The van der Waals surface area contributed by atoms with Crippen LogP contribution in [-0.4, -0.2) is 33.0 Å². The minimum absolute atomic E-state index is 0.237. The number of hydrogen-bond acceptors (Lipinski definition) is 3. The Morgan fingerprint density at radius 3 is 2.09 bits per heavy atom. The summed E-state index contributed by atoms with van der Waals surface area (Å²) in [5.74, 6) is 0. The zero-order valence-corrected chi connectivity index (χ0v) is 13.9. The summed E-state index contributed by atoms with van der Waals surface area (Å²) in [5.41, 5.74) is 0.999. The molecule has 1 atom stereocenters. The van der Waals surface area contributed by atoms with Crippen molar-refractivity contribution in [1.29, 1.82) is 0 Å². The number of nitrogens with zero attached hydrogens (tertiary/aromatic N) is 1. The monoisotopic (exact) mass is 330 g/mol. The standard InChI is InChI=1S/C18H22N2O2S/c21-23(22,17-11-5-2-6-12-17)19-18(15-20-13-7-8-14-20)16-9-3-1-4-10-16/h1-6,9-12,18-19H,7-8,13-15H2/t18-/m1/s1. The molecule has 0 unspecified atom stereocenters. The van der Waals surface area contributed by atoms with Crippen LogP contribution in [0.25, 0.3) is 0 Å². The lowest BCUT2D eigenvalue weighted by molar-refractivity contribution is 0.307. The molecule has 122 valence electrons. The van der Waals surface area contributed by atoms with Crippen LogP contribution in [-0.2, 0) is 10.0 Å². The summed E-state index contributed by atoms with van der Waals surface area (Å²) in [6.07, 6.45) is 2.37. The lowest BCUT2D eigenvalue weighted by Gasteiger charge is -2.24. The van der Waals surface area contributed by atoms with Gasteiger partial charge in [-0.15, -0.1) is 0 Å². The highest BCUT2D eigenvalue weighted by Crippen LogP contribution is 2.20. The topological polar surface area (TPSA) is 49.4 Å². The van der Waals surface area contributed by atoms with Gasteiger partial charge in [-0.1, -0.05) is 48.5 Å². The van der Waals surface area contributed by atoms with Crippen molar-refractivity contribution in [3.63, 3.8) is 0 Å². The van der Waals surface area contributed by atoms with E-state index in [0.29, 0.717) is 11.4 Å². The summed E-state index contributed by atoms with van der Waals surface area (Å²) in [6.45, 7) is 2.78. The predicted molar refractivity (Wildman–Crippen MR) is 91.6 cm³/mol. The fraction of sp³-hybridized carbons (Fsp3) is 0.333. The van der Waals surface area contributed by atoms with Gasteiger partial charge in [-0.3, -0.25) is 0 Å². The molecule has 0 saturated carbocycles. The second-order valence-corrected chi connectivity index (χ2v) is 7.62. The van der Waals surface area contributed by atoms with E-state index in [9.17, 15) is 8.42 Å². The molecular formula is C18H22N2O2S. The molecule has 0 spiro atoms. The van der Waals surface area contributed by atoms with Crippen LogP contribution < -0.4 is 4.72 Å². The number of hydrogen-bond donors (Lipinski definition) is 1. The molecule has 0 radical (unpaired) electrons. The first-order valence-electron chi connectivity index (χ1n) is 8.00. The molecule has 1 saturated heterocycles. The molecule has 2 aromatic rings. The molecule has 0 amide bonds. The number of likely N-dealkylation sites (tertiary alicyclic amines) is 1. The Kier molecular flexibility index (Phi) is 5.10. The van der Waals surface area contributed by atoms with Crippen molar-refractivity contribution in [1.82, 2.24) is 9.62 Å². The Morgan fingerprint density at radius 2 is 1.48 bits per heavy atom.